The number of amides is 5. The van der Waals surface area contributed by atoms with Crippen LogP contribution >= 0.6 is 0 Å². The molecule has 0 aliphatic carbocycles. The molecule has 5 amide bonds. The maximum Gasteiger partial charge on any atom is 0.321 e. The third kappa shape index (κ3) is 3.05. The quantitative estimate of drug-likeness (QED) is 0.433. The minimum absolute atomic E-state index is 0.221. The van der Waals surface area contributed by atoms with E-state index in [2.05, 4.69) is 26.5 Å². The summed E-state index contributed by atoms with van der Waals surface area (Å²) in [6, 6.07) is 5.04. The fraction of sp³-hybridized carbons (Fsp3) is 0.231. The van der Waals surface area contributed by atoms with E-state index in [0.717, 1.165) is 4.90 Å². The first kappa shape index (κ1) is 14.8. The first-order valence-corrected chi connectivity index (χ1v) is 6.75. The van der Waals surface area contributed by atoms with Crippen molar-refractivity contribution in [3.63, 3.8) is 0 Å². The van der Waals surface area contributed by atoms with Crippen LogP contribution in [0.15, 0.2) is 29.4 Å². The first-order chi connectivity index (χ1) is 11.0. The van der Waals surface area contributed by atoms with Gasteiger partial charge in [0.05, 0.1) is 6.21 Å². The van der Waals surface area contributed by atoms with Crippen molar-refractivity contribution in [1.82, 2.24) is 26.3 Å². The van der Waals surface area contributed by atoms with Gasteiger partial charge in [0.15, 0.2) is 0 Å². The molecule has 3 rings (SSSR count). The third-order valence-electron chi connectivity index (χ3n) is 3.37. The minimum atomic E-state index is -0.642. The fourth-order valence-corrected chi connectivity index (χ4v) is 2.31. The van der Waals surface area contributed by atoms with Gasteiger partial charge in [-0.05, 0) is 6.07 Å². The molecule has 2 aliphatic rings. The van der Waals surface area contributed by atoms with E-state index < -0.39 is 36.1 Å². The highest BCUT2D eigenvalue weighted by Gasteiger charge is 2.45. The van der Waals surface area contributed by atoms with Crippen LogP contribution in [0.25, 0.3) is 0 Å². The Morgan fingerprint density at radius 2 is 2.09 bits per heavy atom. The Balaban J connectivity index is 1.56. The van der Waals surface area contributed by atoms with Gasteiger partial charge in [-0.3, -0.25) is 9.69 Å². The van der Waals surface area contributed by atoms with Crippen LogP contribution in [0.3, 0.4) is 0 Å². The molecule has 2 aliphatic heterocycles. The summed E-state index contributed by atoms with van der Waals surface area (Å²) in [6.07, 6.45) is -0.0556. The number of halogens is 1. The van der Waals surface area contributed by atoms with Crippen molar-refractivity contribution in [2.75, 3.05) is 6.54 Å². The molecule has 0 radical (unpaired) electrons. The molecule has 9 nitrogen and oxygen atoms in total. The van der Waals surface area contributed by atoms with Gasteiger partial charge in [0, 0.05) is 5.56 Å². The first-order valence-electron chi connectivity index (χ1n) is 6.75. The SMILES string of the molecule is O=C(CN1C(=O)N[C@H]2NC(=O)N[C@H]21)N/N=C\c1ccccc1F. The molecule has 0 aromatic heterocycles. The smallest absolute Gasteiger partial charge is 0.314 e. The highest BCUT2D eigenvalue weighted by molar-refractivity contribution is 5.89. The Morgan fingerprint density at radius 3 is 2.87 bits per heavy atom. The summed E-state index contributed by atoms with van der Waals surface area (Å²) in [7, 11) is 0. The lowest BCUT2D eigenvalue weighted by molar-refractivity contribution is -0.121. The average Bonchev–Trinajstić information content (AvgIpc) is 2.98. The lowest BCUT2D eigenvalue weighted by atomic mass is 10.2. The Kier molecular flexibility index (Phi) is 3.79. The summed E-state index contributed by atoms with van der Waals surface area (Å²) in [4.78, 5) is 35.9. The van der Waals surface area contributed by atoms with Crippen LogP contribution in [0.2, 0.25) is 0 Å². The molecule has 0 spiro atoms. The maximum absolute atomic E-state index is 13.4. The fourth-order valence-electron chi connectivity index (χ4n) is 2.31. The number of nitrogens with one attached hydrogen (secondary N) is 4. The zero-order valence-corrected chi connectivity index (χ0v) is 11.7. The molecule has 2 saturated heterocycles. The monoisotopic (exact) mass is 320 g/mol. The van der Waals surface area contributed by atoms with E-state index in [1.807, 2.05) is 0 Å². The standard InChI is InChI=1S/C13H13FN6O3/c14-8-4-2-1-3-7(8)5-15-19-9(21)6-20-11-10(17-13(20)23)16-12(22)18-11/h1-5,10-11H,6H2,(H,17,23)(H,19,21)(H2,16,18,22)/b15-5-/t10-,11+/m1/s1. The van der Waals surface area contributed by atoms with Gasteiger partial charge in [-0.2, -0.15) is 5.10 Å². The second-order valence-electron chi connectivity index (χ2n) is 4.93. The Morgan fingerprint density at radius 1 is 1.30 bits per heavy atom. The van der Waals surface area contributed by atoms with Crippen LogP contribution < -0.4 is 21.4 Å². The summed E-state index contributed by atoms with van der Waals surface area (Å²) in [5.41, 5.74) is 2.43. The average molecular weight is 320 g/mol. The van der Waals surface area contributed by atoms with Gasteiger partial charge in [-0.15, -0.1) is 0 Å². The number of urea groups is 2. The van der Waals surface area contributed by atoms with Crippen LogP contribution in [0.5, 0.6) is 0 Å². The van der Waals surface area contributed by atoms with Crippen LogP contribution in [-0.2, 0) is 4.79 Å². The van der Waals surface area contributed by atoms with E-state index in [4.69, 9.17) is 0 Å². The number of rotatable bonds is 4. The lowest BCUT2D eigenvalue weighted by Gasteiger charge is -2.19. The number of carbonyl (C=O) groups excluding carboxylic acids is 3. The molecular weight excluding hydrogens is 307 g/mol. The highest BCUT2D eigenvalue weighted by Crippen LogP contribution is 2.13. The van der Waals surface area contributed by atoms with Gasteiger partial charge >= 0.3 is 12.1 Å². The van der Waals surface area contributed by atoms with Crippen molar-refractivity contribution in [1.29, 1.82) is 0 Å². The molecule has 1 aromatic carbocycles. The predicted molar refractivity (Wildman–Crippen MR) is 76.6 cm³/mol. The molecule has 120 valence electrons. The summed E-state index contributed by atoms with van der Waals surface area (Å²) >= 11 is 0. The van der Waals surface area contributed by atoms with Crippen LogP contribution in [0.1, 0.15) is 5.56 Å². The number of carbonyl (C=O) groups is 3. The van der Waals surface area contributed by atoms with E-state index in [9.17, 15) is 18.8 Å². The molecule has 2 atom stereocenters. The second kappa shape index (κ2) is 5.91. The molecule has 10 heteroatoms. The van der Waals surface area contributed by atoms with Gasteiger partial charge in [-0.1, -0.05) is 18.2 Å². The third-order valence-corrected chi connectivity index (χ3v) is 3.37. The summed E-state index contributed by atoms with van der Waals surface area (Å²) < 4.78 is 13.4. The molecule has 0 bridgehead atoms. The topological polar surface area (TPSA) is 115 Å². The van der Waals surface area contributed by atoms with Crippen LogP contribution in [0.4, 0.5) is 14.0 Å². The van der Waals surface area contributed by atoms with E-state index in [-0.39, 0.29) is 12.1 Å². The molecule has 0 unspecified atom stereocenters. The summed E-state index contributed by atoms with van der Waals surface area (Å²) in [6.45, 7) is -0.302. The molecule has 2 heterocycles. The Hall–Kier alpha value is -3.17. The molecule has 0 saturated carbocycles. The predicted octanol–water partition coefficient (Wildman–Crippen LogP) is -0.734. The Labute approximate surface area is 129 Å². The van der Waals surface area contributed by atoms with Crippen LogP contribution in [0, 0.1) is 5.82 Å². The van der Waals surface area contributed by atoms with E-state index >= 15 is 0 Å². The van der Waals surface area contributed by atoms with E-state index in [1.54, 1.807) is 6.07 Å². The highest BCUT2D eigenvalue weighted by atomic mass is 19.1. The normalized spacial score (nSPS) is 22.6. The van der Waals surface area contributed by atoms with Crippen molar-refractivity contribution < 1.29 is 18.8 Å². The van der Waals surface area contributed by atoms with Gasteiger partial charge in [-0.25, -0.2) is 19.4 Å². The van der Waals surface area contributed by atoms with Crippen molar-refractivity contribution in [2.45, 2.75) is 12.3 Å². The molecule has 23 heavy (non-hydrogen) atoms. The van der Waals surface area contributed by atoms with Crippen molar-refractivity contribution >= 4 is 24.2 Å². The number of hydrogen-bond donors (Lipinski definition) is 4. The zero-order chi connectivity index (χ0) is 16.4. The molecule has 2 fully saturated rings. The van der Waals surface area contributed by atoms with Crippen molar-refractivity contribution in [3.8, 4) is 0 Å². The zero-order valence-electron chi connectivity index (χ0n) is 11.7. The van der Waals surface area contributed by atoms with Crippen molar-refractivity contribution in [2.24, 2.45) is 5.10 Å². The van der Waals surface area contributed by atoms with E-state index in [1.165, 1.54) is 24.4 Å². The Bertz CT molecular complexity index is 694. The number of hydrazone groups is 1. The number of nitrogens with zero attached hydrogens (tertiary/aromatic N) is 2. The van der Waals surface area contributed by atoms with Crippen molar-refractivity contribution in [3.05, 3.63) is 35.6 Å². The maximum atomic E-state index is 13.4. The lowest BCUT2D eigenvalue weighted by Crippen LogP contribution is -2.47. The van der Waals surface area contributed by atoms with Gasteiger partial charge in [0.2, 0.25) is 0 Å². The van der Waals surface area contributed by atoms with Gasteiger partial charge < -0.3 is 16.0 Å². The summed E-state index contributed by atoms with van der Waals surface area (Å²) in [5.74, 6) is -1.04. The molecular formula is C13H13FN6O3. The minimum Gasteiger partial charge on any atom is -0.314 e. The van der Waals surface area contributed by atoms with Gasteiger partial charge in [0.25, 0.3) is 5.91 Å². The number of hydrogen-bond acceptors (Lipinski definition) is 4. The largest absolute Gasteiger partial charge is 0.321 e. The van der Waals surface area contributed by atoms with Gasteiger partial charge in [0.1, 0.15) is 24.7 Å². The second-order valence-corrected chi connectivity index (χ2v) is 4.93. The molecule has 1 aromatic rings. The van der Waals surface area contributed by atoms with E-state index in [0.29, 0.717) is 0 Å². The summed E-state index contributed by atoms with van der Waals surface area (Å²) in [5, 5.41) is 11.2. The molecule has 4 N–H and O–H groups in total. The number of fused-ring (bicyclic) bond motifs is 1. The number of benzene rings is 1. The van der Waals surface area contributed by atoms with Crippen LogP contribution in [-0.4, -0.2) is 48.0 Å².